The van der Waals surface area contributed by atoms with E-state index >= 15 is 0 Å². The highest BCUT2D eigenvalue weighted by molar-refractivity contribution is 6.27. The quantitative estimate of drug-likeness (QED) is 0.0224. The summed E-state index contributed by atoms with van der Waals surface area (Å²) in [4.78, 5) is 34.9. The van der Waals surface area contributed by atoms with E-state index in [2.05, 4.69) is 92.9 Å². The first-order chi connectivity index (χ1) is 36.8. The van der Waals surface area contributed by atoms with Crippen molar-refractivity contribution in [2.45, 2.75) is 175 Å². The van der Waals surface area contributed by atoms with E-state index in [1.807, 2.05) is 0 Å². The Bertz CT molecular complexity index is 2060. The second-order valence-electron chi connectivity index (χ2n) is 19.5. The fraction of sp³-hybridized carbons (Fsp3) is 0.571. The van der Waals surface area contributed by atoms with Gasteiger partial charge in [0.15, 0.2) is 34.5 Å². The van der Waals surface area contributed by atoms with Crippen LogP contribution >= 0.6 is 0 Å². The van der Waals surface area contributed by atoms with Gasteiger partial charge in [-0.1, -0.05) is 137 Å². The van der Waals surface area contributed by atoms with Crippen molar-refractivity contribution in [1.82, 2.24) is 16.0 Å². The number of carbonyl (C=O) groups is 3. The molecule has 0 radical (unpaired) electrons. The van der Waals surface area contributed by atoms with E-state index in [9.17, 15) is 14.4 Å². The first kappa shape index (κ1) is 61.6. The lowest BCUT2D eigenvalue weighted by Gasteiger charge is -2.21. The predicted octanol–water partition coefficient (Wildman–Crippen LogP) is 14.7. The number of benzene rings is 4. The Balaban J connectivity index is 1.83. The van der Waals surface area contributed by atoms with Crippen molar-refractivity contribution in [3.05, 3.63) is 74.4 Å². The van der Waals surface area contributed by atoms with Crippen LogP contribution in [0.5, 0.6) is 34.5 Å². The zero-order valence-corrected chi connectivity index (χ0v) is 46.3. The average Bonchev–Trinajstić information content (AvgIpc) is 3.44. The maximum absolute atomic E-state index is 11.6. The summed E-state index contributed by atoms with van der Waals surface area (Å²) >= 11 is 0. The Kier molecular flexibility index (Phi) is 31.0. The Hall–Kier alpha value is -5.91. The number of unbranched alkanes of at least 4 members (excludes halogenated alkanes) is 18. The van der Waals surface area contributed by atoms with Crippen LogP contribution in [0.3, 0.4) is 0 Å². The highest BCUT2D eigenvalue weighted by atomic mass is 16.5. The van der Waals surface area contributed by atoms with Gasteiger partial charge in [-0.15, -0.1) is 0 Å². The molecule has 12 nitrogen and oxygen atoms in total. The summed E-state index contributed by atoms with van der Waals surface area (Å²) in [6, 6.07) is 12.9. The fourth-order valence-electron chi connectivity index (χ4n) is 8.97. The second-order valence-corrected chi connectivity index (χ2v) is 19.5. The highest BCUT2D eigenvalue weighted by Crippen LogP contribution is 2.47. The topological polar surface area (TPSA) is 143 Å². The lowest BCUT2D eigenvalue weighted by Crippen LogP contribution is -2.21. The summed E-state index contributed by atoms with van der Waals surface area (Å²) in [6.07, 6.45) is 28.0. The van der Waals surface area contributed by atoms with E-state index < -0.39 is 0 Å². The van der Waals surface area contributed by atoms with Crippen LogP contribution in [0.4, 0.5) is 0 Å². The minimum absolute atomic E-state index is 0.145. The van der Waals surface area contributed by atoms with Crippen molar-refractivity contribution in [2.75, 3.05) is 59.3 Å². The van der Waals surface area contributed by atoms with Crippen LogP contribution in [0.15, 0.2) is 74.4 Å². The van der Waals surface area contributed by atoms with Crippen molar-refractivity contribution in [2.24, 2.45) is 0 Å². The number of rotatable bonds is 45. The van der Waals surface area contributed by atoms with Crippen molar-refractivity contribution in [3.8, 4) is 34.5 Å². The van der Waals surface area contributed by atoms with Gasteiger partial charge in [-0.3, -0.25) is 14.4 Å². The Labute approximate surface area is 450 Å². The van der Waals surface area contributed by atoms with E-state index in [4.69, 9.17) is 28.4 Å². The molecule has 0 fully saturated rings. The van der Waals surface area contributed by atoms with Crippen molar-refractivity contribution in [1.29, 1.82) is 0 Å². The molecule has 0 heterocycles. The zero-order valence-electron chi connectivity index (χ0n) is 46.3. The van der Waals surface area contributed by atoms with E-state index in [1.165, 1.54) is 18.2 Å². The van der Waals surface area contributed by atoms with Gasteiger partial charge in [-0.25, -0.2) is 0 Å². The van der Waals surface area contributed by atoms with E-state index in [-0.39, 0.29) is 17.7 Å². The standard InChI is InChI=1S/C63H93N3O9/c1-7-13-16-28-37-70-55-43-49-52(46-58(55)73-40-31-22-19-25-34-64-61(67)10-4)50-44-56(71-38-29-17-14-8-2)60(75-42-33-24-21-27-36-66-63(69)12-6)48-54(50)51-45-57(72-39-30-18-15-9-3)59(47-53(49)51)74-41-32-23-20-26-35-65-62(68)11-5/h10-12,43-48H,4-9,13-42H2,1-3H3,(H,64,67)(H,65,68)(H,66,69). The molecule has 0 bridgehead atoms. The monoisotopic (exact) mass is 1040 g/mol. The summed E-state index contributed by atoms with van der Waals surface area (Å²) in [5, 5.41) is 14.7. The van der Waals surface area contributed by atoms with Crippen LogP contribution in [0.2, 0.25) is 0 Å². The summed E-state index contributed by atoms with van der Waals surface area (Å²) in [7, 11) is 0. The van der Waals surface area contributed by atoms with Gasteiger partial charge in [0.05, 0.1) is 39.6 Å². The minimum Gasteiger partial charge on any atom is -0.490 e. The molecule has 4 aromatic carbocycles. The van der Waals surface area contributed by atoms with Crippen molar-refractivity contribution in [3.63, 3.8) is 0 Å². The molecular weight excluding hydrogens is 943 g/mol. The van der Waals surface area contributed by atoms with Gasteiger partial charge in [-0.05, 0) is 145 Å². The van der Waals surface area contributed by atoms with Crippen LogP contribution in [-0.4, -0.2) is 77.0 Å². The molecule has 0 atom stereocenters. The lowest BCUT2D eigenvalue weighted by atomic mass is 9.93. The zero-order chi connectivity index (χ0) is 53.7. The average molecular weight is 1040 g/mol. The molecule has 75 heavy (non-hydrogen) atoms. The minimum atomic E-state index is -0.145. The normalized spacial score (nSPS) is 11.1. The third kappa shape index (κ3) is 22.8. The number of amides is 3. The third-order valence-corrected chi connectivity index (χ3v) is 13.3. The van der Waals surface area contributed by atoms with Gasteiger partial charge >= 0.3 is 0 Å². The van der Waals surface area contributed by atoms with Gasteiger partial charge in [-0.2, -0.15) is 0 Å². The summed E-state index contributed by atoms with van der Waals surface area (Å²) in [5.41, 5.74) is 0. The van der Waals surface area contributed by atoms with E-state index in [1.54, 1.807) is 0 Å². The molecule has 0 unspecified atom stereocenters. The van der Waals surface area contributed by atoms with Gasteiger partial charge in [0.1, 0.15) is 0 Å². The largest absolute Gasteiger partial charge is 0.490 e. The maximum Gasteiger partial charge on any atom is 0.243 e. The Morgan fingerprint density at radius 2 is 0.507 bits per heavy atom. The van der Waals surface area contributed by atoms with Gasteiger partial charge in [0, 0.05) is 19.6 Å². The summed E-state index contributed by atoms with van der Waals surface area (Å²) < 4.78 is 40.1. The number of fused-ring (bicyclic) bond motifs is 6. The molecule has 0 saturated heterocycles. The number of hydrogen-bond acceptors (Lipinski definition) is 9. The number of nitrogens with one attached hydrogen (secondary N) is 3. The molecule has 0 saturated carbocycles. The summed E-state index contributed by atoms with van der Waals surface area (Å²) in [5.74, 6) is 3.82. The molecule has 0 aliphatic heterocycles. The van der Waals surface area contributed by atoms with Crippen LogP contribution in [0.1, 0.15) is 175 Å². The first-order valence-corrected chi connectivity index (χ1v) is 28.8. The molecule has 0 aromatic heterocycles. The smallest absolute Gasteiger partial charge is 0.243 e. The molecule has 0 aliphatic rings. The molecule has 4 rings (SSSR count). The molecular formula is C63H93N3O9. The number of hydrogen-bond donors (Lipinski definition) is 3. The van der Waals surface area contributed by atoms with Crippen LogP contribution in [-0.2, 0) is 14.4 Å². The third-order valence-electron chi connectivity index (χ3n) is 13.3. The number of carbonyl (C=O) groups excluding carboxylic acids is 3. The molecule has 12 heteroatoms. The molecule has 0 spiro atoms. The molecule has 3 N–H and O–H groups in total. The van der Waals surface area contributed by atoms with Crippen LogP contribution < -0.4 is 44.4 Å². The Morgan fingerprint density at radius 3 is 0.693 bits per heavy atom. The van der Waals surface area contributed by atoms with Crippen LogP contribution in [0.25, 0.3) is 32.3 Å². The molecule has 3 amide bonds. The molecule has 4 aromatic rings. The van der Waals surface area contributed by atoms with Crippen molar-refractivity contribution < 1.29 is 42.8 Å². The Morgan fingerprint density at radius 1 is 0.320 bits per heavy atom. The second kappa shape index (κ2) is 37.8. The number of ether oxygens (including phenoxy) is 6. The van der Waals surface area contributed by atoms with Crippen molar-refractivity contribution >= 4 is 50.0 Å². The highest BCUT2D eigenvalue weighted by Gasteiger charge is 2.21. The predicted molar refractivity (Wildman–Crippen MR) is 309 cm³/mol. The maximum atomic E-state index is 11.6. The molecule has 414 valence electrons. The molecule has 0 aliphatic carbocycles. The first-order valence-electron chi connectivity index (χ1n) is 28.8. The summed E-state index contributed by atoms with van der Waals surface area (Å²) in [6.45, 7) is 22.5. The fourth-order valence-corrected chi connectivity index (χ4v) is 8.97. The van der Waals surface area contributed by atoms with Crippen LogP contribution in [0, 0.1) is 0 Å². The van der Waals surface area contributed by atoms with Gasteiger partial charge in [0.2, 0.25) is 17.7 Å². The van der Waals surface area contributed by atoms with Gasteiger partial charge in [0.25, 0.3) is 0 Å². The lowest BCUT2D eigenvalue weighted by molar-refractivity contribution is -0.117. The SMILES string of the molecule is C=CC(=O)NCCCCCCOc1cc2c(cc1OCCCCCC)c1cc(OCCCCCCNC(=O)C=C)c(OCCCCCC)cc1c1cc(OCCCCCCNC(=O)C=C)c(OCCCCCC)cc21. The van der Waals surface area contributed by atoms with E-state index in [0.717, 1.165) is 186 Å². The van der Waals surface area contributed by atoms with Gasteiger partial charge < -0.3 is 44.4 Å². The van der Waals surface area contributed by atoms with E-state index in [0.29, 0.717) is 93.8 Å².